The fourth-order valence-electron chi connectivity index (χ4n) is 1.95. The molecule has 1 aromatic carbocycles. The van der Waals surface area contributed by atoms with E-state index in [4.69, 9.17) is 17.3 Å². The van der Waals surface area contributed by atoms with Crippen molar-refractivity contribution in [2.24, 2.45) is 11.7 Å². The van der Waals surface area contributed by atoms with Crippen molar-refractivity contribution in [2.45, 2.75) is 25.3 Å². The van der Waals surface area contributed by atoms with Crippen molar-refractivity contribution in [3.63, 3.8) is 0 Å². The van der Waals surface area contributed by atoms with Gasteiger partial charge in [0.05, 0.1) is 6.04 Å². The monoisotopic (exact) mass is 252 g/mol. The molecule has 3 N–H and O–H groups in total. The summed E-state index contributed by atoms with van der Waals surface area (Å²) in [7, 11) is 0. The van der Waals surface area contributed by atoms with Gasteiger partial charge in [0.15, 0.2) is 0 Å². The Kier molecular flexibility index (Phi) is 4.02. The maximum atomic E-state index is 11.6. The van der Waals surface area contributed by atoms with Gasteiger partial charge in [0.1, 0.15) is 0 Å². The van der Waals surface area contributed by atoms with Gasteiger partial charge < -0.3 is 11.1 Å². The van der Waals surface area contributed by atoms with Crippen LogP contribution in [0.25, 0.3) is 0 Å². The molecule has 0 spiro atoms. The largest absolute Gasteiger partial charge is 0.349 e. The van der Waals surface area contributed by atoms with E-state index in [0.717, 1.165) is 10.6 Å². The molecule has 2 rings (SSSR count). The average Bonchev–Trinajstić information content (AvgIpc) is 3.12. The lowest BCUT2D eigenvalue weighted by Gasteiger charge is -2.18. The van der Waals surface area contributed by atoms with E-state index in [1.807, 2.05) is 24.3 Å². The Labute approximate surface area is 106 Å². The summed E-state index contributed by atoms with van der Waals surface area (Å²) in [5.74, 6) is 0.595. The molecular formula is C13H17ClN2O. The van der Waals surface area contributed by atoms with Gasteiger partial charge in [-0.25, -0.2) is 0 Å². The molecule has 0 saturated heterocycles. The molecule has 17 heavy (non-hydrogen) atoms. The van der Waals surface area contributed by atoms with E-state index in [1.54, 1.807) is 0 Å². The lowest BCUT2D eigenvalue weighted by atomic mass is 10.0. The minimum absolute atomic E-state index is 0.0272. The maximum Gasteiger partial charge on any atom is 0.221 e. The fourth-order valence-corrected chi connectivity index (χ4v) is 2.08. The summed E-state index contributed by atoms with van der Waals surface area (Å²) in [6.07, 6.45) is 2.74. The molecule has 3 nitrogen and oxygen atoms in total. The number of carbonyl (C=O) groups excluding carboxylic acids is 1. The van der Waals surface area contributed by atoms with E-state index in [0.29, 0.717) is 18.9 Å². The standard InChI is InChI=1S/C13H17ClN2O/c14-11-5-3-10(4-6-11)13(9-1-2-9)16-12(17)7-8-15/h3-6,9,13H,1-2,7-8,15H2,(H,16,17). The van der Waals surface area contributed by atoms with Crippen molar-refractivity contribution in [3.05, 3.63) is 34.9 Å². The molecule has 1 aromatic rings. The molecule has 1 saturated carbocycles. The van der Waals surface area contributed by atoms with Crippen LogP contribution in [0.2, 0.25) is 5.02 Å². The zero-order valence-electron chi connectivity index (χ0n) is 9.66. The molecule has 1 unspecified atom stereocenters. The predicted octanol–water partition coefficient (Wildman–Crippen LogP) is 2.26. The minimum atomic E-state index is 0.0272. The second kappa shape index (κ2) is 5.52. The summed E-state index contributed by atoms with van der Waals surface area (Å²) in [5.41, 5.74) is 6.50. The van der Waals surface area contributed by atoms with Crippen LogP contribution in [0, 0.1) is 5.92 Å². The van der Waals surface area contributed by atoms with Gasteiger partial charge in [-0.2, -0.15) is 0 Å². The normalized spacial score (nSPS) is 16.6. The van der Waals surface area contributed by atoms with Crippen LogP contribution in [0.3, 0.4) is 0 Å². The Hall–Kier alpha value is -1.06. The van der Waals surface area contributed by atoms with Gasteiger partial charge in [-0.3, -0.25) is 4.79 Å². The van der Waals surface area contributed by atoms with E-state index in [9.17, 15) is 4.79 Å². The first-order valence-corrected chi connectivity index (χ1v) is 6.33. The van der Waals surface area contributed by atoms with Crippen LogP contribution in [-0.2, 0) is 4.79 Å². The lowest BCUT2D eigenvalue weighted by molar-refractivity contribution is -0.121. The number of rotatable bonds is 5. The summed E-state index contributed by atoms with van der Waals surface area (Å²) >= 11 is 5.86. The topological polar surface area (TPSA) is 55.1 Å². The number of nitrogens with two attached hydrogens (primary N) is 1. The third kappa shape index (κ3) is 3.45. The van der Waals surface area contributed by atoms with E-state index < -0.39 is 0 Å². The van der Waals surface area contributed by atoms with E-state index in [-0.39, 0.29) is 11.9 Å². The molecule has 0 aromatic heterocycles. The Morgan fingerprint density at radius 3 is 2.59 bits per heavy atom. The highest BCUT2D eigenvalue weighted by atomic mass is 35.5. The zero-order chi connectivity index (χ0) is 12.3. The van der Waals surface area contributed by atoms with Crippen molar-refractivity contribution in [1.82, 2.24) is 5.32 Å². The summed E-state index contributed by atoms with van der Waals surface area (Å²) in [5, 5.41) is 3.77. The summed E-state index contributed by atoms with van der Waals surface area (Å²) in [6.45, 7) is 0.393. The van der Waals surface area contributed by atoms with Crippen molar-refractivity contribution >= 4 is 17.5 Å². The van der Waals surface area contributed by atoms with Crippen LogP contribution in [0.15, 0.2) is 24.3 Å². The summed E-state index contributed by atoms with van der Waals surface area (Å²) in [4.78, 5) is 11.6. The van der Waals surface area contributed by atoms with Crippen LogP contribution < -0.4 is 11.1 Å². The van der Waals surface area contributed by atoms with Crippen molar-refractivity contribution < 1.29 is 4.79 Å². The molecular weight excluding hydrogens is 236 g/mol. The van der Waals surface area contributed by atoms with Crippen molar-refractivity contribution in [2.75, 3.05) is 6.54 Å². The predicted molar refractivity (Wildman–Crippen MR) is 68.7 cm³/mol. The molecule has 4 heteroatoms. The third-order valence-electron chi connectivity index (χ3n) is 3.01. The molecule has 0 bridgehead atoms. The molecule has 92 valence electrons. The Balaban J connectivity index is 2.06. The molecule has 1 aliphatic carbocycles. The second-order valence-corrected chi connectivity index (χ2v) is 4.91. The maximum absolute atomic E-state index is 11.6. The first-order valence-electron chi connectivity index (χ1n) is 5.95. The summed E-state index contributed by atoms with van der Waals surface area (Å²) in [6, 6.07) is 7.80. The SMILES string of the molecule is NCCC(=O)NC(c1ccc(Cl)cc1)C1CC1. The number of hydrogen-bond donors (Lipinski definition) is 2. The molecule has 0 radical (unpaired) electrons. The van der Waals surface area contributed by atoms with E-state index in [2.05, 4.69) is 5.32 Å². The number of benzene rings is 1. The van der Waals surface area contributed by atoms with Gasteiger partial charge in [0.25, 0.3) is 0 Å². The highest BCUT2D eigenvalue weighted by molar-refractivity contribution is 6.30. The Morgan fingerprint density at radius 1 is 1.41 bits per heavy atom. The average molecular weight is 253 g/mol. The molecule has 1 aliphatic rings. The molecule has 1 amide bonds. The summed E-state index contributed by atoms with van der Waals surface area (Å²) < 4.78 is 0. The highest BCUT2D eigenvalue weighted by Crippen LogP contribution is 2.41. The minimum Gasteiger partial charge on any atom is -0.349 e. The van der Waals surface area contributed by atoms with Gasteiger partial charge in [0, 0.05) is 18.0 Å². The smallest absolute Gasteiger partial charge is 0.221 e. The zero-order valence-corrected chi connectivity index (χ0v) is 10.4. The van der Waals surface area contributed by atoms with Gasteiger partial charge in [0.2, 0.25) is 5.91 Å². The third-order valence-corrected chi connectivity index (χ3v) is 3.26. The van der Waals surface area contributed by atoms with Crippen molar-refractivity contribution in [1.29, 1.82) is 0 Å². The number of nitrogens with one attached hydrogen (secondary N) is 1. The molecule has 1 fully saturated rings. The van der Waals surface area contributed by atoms with Crippen molar-refractivity contribution in [3.8, 4) is 0 Å². The van der Waals surface area contributed by atoms with E-state index in [1.165, 1.54) is 12.8 Å². The highest BCUT2D eigenvalue weighted by Gasteiger charge is 2.33. The van der Waals surface area contributed by atoms with Crippen LogP contribution in [0.1, 0.15) is 30.9 Å². The molecule has 0 heterocycles. The fraction of sp³-hybridized carbons (Fsp3) is 0.462. The second-order valence-electron chi connectivity index (χ2n) is 4.47. The van der Waals surface area contributed by atoms with Gasteiger partial charge in [-0.05, 0) is 36.5 Å². The van der Waals surface area contributed by atoms with Crippen LogP contribution >= 0.6 is 11.6 Å². The number of halogens is 1. The Bertz CT molecular complexity index is 387. The first-order chi connectivity index (χ1) is 8.20. The van der Waals surface area contributed by atoms with E-state index >= 15 is 0 Å². The van der Waals surface area contributed by atoms with Crippen LogP contribution in [-0.4, -0.2) is 12.5 Å². The van der Waals surface area contributed by atoms with Crippen LogP contribution in [0.5, 0.6) is 0 Å². The quantitative estimate of drug-likeness (QED) is 0.845. The first kappa shape index (κ1) is 12.4. The molecule has 1 atom stereocenters. The van der Waals surface area contributed by atoms with Gasteiger partial charge in [-0.1, -0.05) is 23.7 Å². The Morgan fingerprint density at radius 2 is 2.06 bits per heavy atom. The number of carbonyl (C=O) groups is 1. The van der Waals surface area contributed by atoms with Crippen LogP contribution in [0.4, 0.5) is 0 Å². The molecule has 0 aliphatic heterocycles. The van der Waals surface area contributed by atoms with Gasteiger partial charge in [-0.15, -0.1) is 0 Å². The van der Waals surface area contributed by atoms with Gasteiger partial charge >= 0.3 is 0 Å². The number of amides is 1. The lowest BCUT2D eigenvalue weighted by Crippen LogP contribution is -2.31. The number of hydrogen-bond acceptors (Lipinski definition) is 2.